The van der Waals surface area contributed by atoms with Crippen molar-refractivity contribution in [2.24, 2.45) is 0 Å². The molecule has 1 fully saturated rings. The zero-order valence-electron chi connectivity index (χ0n) is 12.6. The van der Waals surface area contributed by atoms with Crippen LogP contribution in [0.4, 0.5) is 5.69 Å². The van der Waals surface area contributed by atoms with Gasteiger partial charge < -0.3 is 25.2 Å². The fourth-order valence-corrected chi connectivity index (χ4v) is 2.20. The zero-order valence-corrected chi connectivity index (χ0v) is 13.4. The van der Waals surface area contributed by atoms with Gasteiger partial charge in [0, 0.05) is 38.4 Å². The Morgan fingerprint density at radius 3 is 2.95 bits per heavy atom. The molecule has 0 bridgehead atoms. The summed E-state index contributed by atoms with van der Waals surface area (Å²) in [7, 11) is 1.66. The lowest BCUT2D eigenvalue weighted by molar-refractivity contribution is -0.117. The number of halogens is 1. The van der Waals surface area contributed by atoms with Crippen molar-refractivity contribution in [2.75, 3.05) is 32.2 Å². The molecule has 7 heteroatoms. The molecule has 22 heavy (non-hydrogen) atoms. The van der Waals surface area contributed by atoms with Gasteiger partial charge in [0.1, 0.15) is 5.75 Å². The fraction of sp³-hybridized carbons (Fsp3) is 0.533. The number of benzene rings is 1. The molecule has 6 nitrogen and oxygen atoms in total. The van der Waals surface area contributed by atoms with E-state index in [4.69, 9.17) is 9.47 Å². The molecule has 1 saturated heterocycles. The number of β-amino-alcohol motifs (C(OH)–C–C–N with tert-alkyl or cyclic N) is 1. The molecular formula is C15H23ClN2O4. The lowest BCUT2D eigenvalue weighted by Gasteiger charge is -2.12. The maximum absolute atomic E-state index is 12.0. The van der Waals surface area contributed by atoms with E-state index in [1.165, 1.54) is 0 Å². The van der Waals surface area contributed by atoms with Gasteiger partial charge in [-0.1, -0.05) is 6.07 Å². The SMILES string of the molecule is COCCCOc1cccc(NC(=O)C2CC(O)CN2)c1.Cl. The Kier molecular flexibility index (Phi) is 8.19. The molecule has 1 aliphatic rings. The van der Waals surface area contributed by atoms with Crippen molar-refractivity contribution in [3.05, 3.63) is 24.3 Å². The average Bonchev–Trinajstić information content (AvgIpc) is 2.91. The van der Waals surface area contributed by atoms with Gasteiger partial charge in [-0.25, -0.2) is 0 Å². The molecule has 124 valence electrons. The van der Waals surface area contributed by atoms with Gasteiger partial charge in [-0.3, -0.25) is 4.79 Å². The van der Waals surface area contributed by atoms with Gasteiger partial charge in [0.15, 0.2) is 0 Å². The van der Waals surface area contributed by atoms with Crippen molar-refractivity contribution in [1.29, 1.82) is 0 Å². The molecule has 2 unspecified atom stereocenters. The van der Waals surface area contributed by atoms with Crippen LogP contribution >= 0.6 is 12.4 Å². The van der Waals surface area contributed by atoms with E-state index in [2.05, 4.69) is 10.6 Å². The van der Waals surface area contributed by atoms with E-state index in [1.54, 1.807) is 13.2 Å². The summed E-state index contributed by atoms with van der Waals surface area (Å²) < 4.78 is 10.5. The van der Waals surface area contributed by atoms with Crippen LogP contribution in [0.2, 0.25) is 0 Å². The molecule has 0 radical (unpaired) electrons. The molecule has 3 N–H and O–H groups in total. The minimum atomic E-state index is -0.448. The number of nitrogens with one attached hydrogen (secondary N) is 2. The smallest absolute Gasteiger partial charge is 0.241 e. The minimum Gasteiger partial charge on any atom is -0.493 e. The Balaban J connectivity index is 0.00000242. The first-order valence-electron chi connectivity index (χ1n) is 7.13. The molecule has 0 aliphatic carbocycles. The van der Waals surface area contributed by atoms with Gasteiger partial charge in [-0.2, -0.15) is 0 Å². The largest absolute Gasteiger partial charge is 0.493 e. The van der Waals surface area contributed by atoms with Gasteiger partial charge in [-0.15, -0.1) is 12.4 Å². The molecule has 1 heterocycles. The number of aliphatic hydroxyl groups is 1. The first kappa shape index (κ1) is 18.7. The maximum Gasteiger partial charge on any atom is 0.241 e. The van der Waals surface area contributed by atoms with E-state index in [0.29, 0.717) is 37.6 Å². The third-order valence-electron chi connectivity index (χ3n) is 3.29. The van der Waals surface area contributed by atoms with Crippen LogP contribution in [0, 0.1) is 0 Å². The standard InChI is InChI=1S/C15H22N2O4.ClH/c1-20-6-3-7-21-13-5-2-4-11(8-13)17-15(19)14-9-12(18)10-16-14;/h2,4-5,8,12,14,16,18H,3,6-7,9-10H2,1H3,(H,17,19);1H. The first-order chi connectivity index (χ1) is 10.2. The quantitative estimate of drug-likeness (QED) is 0.654. The number of ether oxygens (including phenoxy) is 2. The van der Waals surface area contributed by atoms with Crippen molar-refractivity contribution in [1.82, 2.24) is 5.32 Å². The third kappa shape index (κ3) is 5.81. The number of anilines is 1. The molecule has 1 aromatic rings. The van der Waals surface area contributed by atoms with Gasteiger partial charge in [0.05, 0.1) is 18.8 Å². The van der Waals surface area contributed by atoms with Crippen molar-refractivity contribution in [3.63, 3.8) is 0 Å². The Hall–Kier alpha value is -1.34. The topological polar surface area (TPSA) is 79.8 Å². The minimum absolute atomic E-state index is 0. The second-order valence-corrected chi connectivity index (χ2v) is 5.06. The lowest BCUT2D eigenvalue weighted by atomic mass is 10.2. The highest BCUT2D eigenvalue weighted by Crippen LogP contribution is 2.18. The molecule has 1 amide bonds. The number of carbonyl (C=O) groups is 1. The second-order valence-electron chi connectivity index (χ2n) is 5.06. The van der Waals surface area contributed by atoms with E-state index in [1.807, 2.05) is 18.2 Å². The number of amides is 1. The van der Waals surface area contributed by atoms with Gasteiger partial charge in [-0.05, 0) is 18.6 Å². The van der Waals surface area contributed by atoms with Crippen LogP contribution < -0.4 is 15.4 Å². The van der Waals surface area contributed by atoms with Crippen LogP contribution in [0.3, 0.4) is 0 Å². The monoisotopic (exact) mass is 330 g/mol. The molecule has 2 atom stereocenters. The number of aliphatic hydroxyl groups excluding tert-OH is 1. The van der Waals surface area contributed by atoms with E-state index >= 15 is 0 Å². The Morgan fingerprint density at radius 2 is 2.27 bits per heavy atom. The van der Waals surface area contributed by atoms with E-state index in [-0.39, 0.29) is 24.4 Å². The van der Waals surface area contributed by atoms with Crippen LogP contribution in [0.5, 0.6) is 5.75 Å². The second kappa shape index (κ2) is 9.63. The predicted octanol–water partition coefficient (Wildman–Crippen LogP) is 1.18. The number of hydrogen-bond donors (Lipinski definition) is 3. The summed E-state index contributed by atoms with van der Waals surface area (Å²) in [5.41, 5.74) is 0.687. The van der Waals surface area contributed by atoms with E-state index in [9.17, 15) is 9.90 Å². The van der Waals surface area contributed by atoms with E-state index < -0.39 is 6.10 Å². The highest BCUT2D eigenvalue weighted by molar-refractivity contribution is 5.95. The van der Waals surface area contributed by atoms with Crippen LogP contribution in [-0.2, 0) is 9.53 Å². The van der Waals surface area contributed by atoms with Crippen molar-refractivity contribution < 1.29 is 19.4 Å². The molecule has 2 rings (SSSR count). The normalized spacial score (nSPS) is 20.3. The zero-order chi connectivity index (χ0) is 15.1. The Labute approximate surface area is 136 Å². The van der Waals surface area contributed by atoms with Crippen LogP contribution in [0.25, 0.3) is 0 Å². The van der Waals surface area contributed by atoms with Gasteiger partial charge in [0.2, 0.25) is 5.91 Å². The number of methoxy groups -OCH3 is 1. The van der Waals surface area contributed by atoms with Gasteiger partial charge >= 0.3 is 0 Å². The maximum atomic E-state index is 12.0. The van der Waals surface area contributed by atoms with Crippen LogP contribution in [-0.4, -0.2) is 50.0 Å². The van der Waals surface area contributed by atoms with E-state index in [0.717, 1.165) is 6.42 Å². The summed E-state index contributed by atoms with van der Waals surface area (Å²) in [6.45, 7) is 1.69. The summed E-state index contributed by atoms with van der Waals surface area (Å²) >= 11 is 0. The highest BCUT2D eigenvalue weighted by atomic mass is 35.5. The van der Waals surface area contributed by atoms with Crippen molar-refractivity contribution >= 4 is 24.0 Å². The van der Waals surface area contributed by atoms with Gasteiger partial charge in [0.25, 0.3) is 0 Å². The molecule has 0 spiro atoms. The molecule has 0 aromatic heterocycles. The molecule has 1 aliphatic heterocycles. The molecule has 1 aromatic carbocycles. The summed E-state index contributed by atoms with van der Waals surface area (Å²) in [6.07, 6.45) is 0.812. The predicted molar refractivity (Wildman–Crippen MR) is 86.7 cm³/mol. The lowest BCUT2D eigenvalue weighted by Crippen LogP contribution is -2.35. The number of carbonyl (C=O) groups excluding carboxylic acids is 1. The first-order valence-corrected chi connectivity index (χ1v) is 7.13. The molecular weight excluding hydrogens is 308 g/mol. The van der Waals surface area contributed by atoms with Crippen molar-refractivity contribution in [2.45, 2.75) is 25.0 Å². The highest BCUT2D eigenvalue weighted by Gasteiger charge is 2.27. The molecule has 0 saturated carbocycles. The van der Waals surface area contributed by atoms with Crippen LogP contribution in [0.15, 0.2) is 24.3 Å². The Morgan fingerprint density at radius 1 is 1.45 bits per heavy atom. The fourth-order valence-electron chi connectivity index (χ4n) is 2.20. The number of hydrogen-bond acceptors (Lipinski definition) is 5. The average molecular weight is 331 g/mol. The Bertz CT molecular complexity index is 473. The third-order valence-corrected chi connectivity index (χ3v) is 3.29. The summed E-state index contributed by atoms with van der Waals surface area (Å²) in [5.74, 6) is 0.575. The summed E-state index contributed by atoms with van der Waals surface area (Å²) in [4.78, 5) is 12.0. The summed E-state index contributed by atoms with van der Waals surface area (Å²) in [6, 6.07) is 6.94. The van der Waals surface area contributed by atoms with Crippen LogP contribution in [0.1, 0.15) is 12.8 Å². The van der Waals surface area contributed by atoms with Crippen molar-refractivity contribution in [3.8, 4) is 5.75 Å². The number of rotatable bonds is 7. The summed E-state index contributed by atoms with van der Waals surface area (Å²) in [5, 5.41) is 15.2.